The van der Waals surface area contributed by atoms with Gasteiger partial charge in [0.2, 0.25) is 0 Å². The highest BCUT2D eigenvalue weighted by atomic mass is 15.3. The number of nitrogens with zero attached hydrogens (tertiary/aromatic N) is 3. The predicted molar refractivity (Wildman–Crippen MR) is 88.6 cm³/mol. The molecule has 0 amide bonds. The zero-order valence-electron chi connectivity index (χ0n) is 13.2. The first-order valence-electron chi connectivity index (χ1n) is 8.23. The lowest BCUT2D eigenvalue weighted by atomic mass is 10.2. The van der Waals surface area contributed by atoms with Crippen molar-refractivity contribution in [3.05, 3.63) is 29.8 Å². The Morgan fingerprint density at radius 3 is 2.33 bits per heavy atom. The van der Waals surface area contributed by atoms with Crippen molar-refractivity contribution in [2.75, 3.05) is 51.2 Å². The van der Waals surface area contributed by atoms with Crippen LogP contribution in [-0.4, -0.2) is 62.2 Å². The third-order valence-electron chi connectivity index (χ3n) is 4.74. The molecular formula is C17H28N4. The first kappa shape index (κ1) is 14.8. The van der Waals surface area contributed by atoms with Crippen molar-refractivity contribution in [3.8, 4) is 0 Å². The van der Waals surface area contributed by atoms with Crippen molar-refractivity contribution in [2.45, 2.75) is 25.4 Å². The number of hydrogen-bond donors (Lipinski definition) is 1. The highest BCUT2D eigenvalue weighted by Gasteiger charge is 2.29. The van der Waals surface area contributed by atoms with E-state index in [-0.39, 0.29) is 0 Å². The molecule has 2 aliphatic rings. The van der Waals surface area contributed by atoms with Crippen LogP contribution in [0.4, 0.5) is 5.69 Å². The summed E-state index contributed by atoms with van der Waals surface area (Å²) >= 11 is 0. The number of anilines is 1. The fourth-order valence-electron chi connectivity index (χ4n) is 3.05. The van der Waals surface area contributed by atoms with E-state index < -0.39 is 0 Å². The van der Waals surface area contributed by atoms with Gasteiger partial charge in [-0.3, -0.25) is 4.90 Å². The van der Waals surface area contributed by atoms with Crippen molar-refractivity contribution in [1.82, 2.24) is 9.80 Å². The zero-order chi connectivity index (χ0) is 14.7. The molecule has 116 valence electrons. The van der Waals surface area contributed by atoms with E-state index in [1.807, 2.05) is 0 Å². The molecule has 2 N–H and O–H groups in total. The van der Waals surface area contributed by atoms with Crippen LogP contribution in [-0.2, 0) is 6.54 Å². The molecule has 1 saturated carbocycles. The van der Waals surface area contributed by atoms with Gasteiger partial charge in [-0.25, -0.2) is 0 Å². The minimum Gasteiger partial charge on any atom is -0.367 e. The molecule has 21 heavy (non-hydrogen) atoms. The van der Waals surface area contributed by atoms with Crippen LogP contribution in [0, 0.1) is 0 Å². The molecule has 0 spiro atoms. The first-order valence-corrected chi connectivity index (χ1v) is 8.23. The van der Waals surface area contributed by atoms with Gasteiger partial charge in [0.25, 0.3) is 0 Å². The van der Waals surface area contributed by atoms with Crippen LogP contribution in [0.5, 0.6) is 0 Å². The second kappa shape index (κ2) is 6.77. The van der Waals surface area contributed by atoms with Gasteiger partial charge in [0, 0.05) is 57.5 Å². The lowest BCUT2D eigenvalue weighted by molar-refractivity contribution is 0.156. The van der Waals surface area contributed by atoms with Gasteiger partial charge >= 0.3 is 0 Å². The Morgan fingerprint density at radius 1 is 1.10 bits per heavy atom. The number of likely N-dealkylation sites (N-methyl/N-ethyl adjacent to an activating group) is 1. The monoisotopic (exact) mass is 288 g/mol. The van der Waals surface area contributed by atoms with E-state index in [4.69, 9.17) is 5.73 Å². The molecule has 0 radical (unpaired) electrons. The summed E-state index contributed by atoms with van der Waals surface area (Å²) < 4.78 is 0. The average molecular weight is 288 g/mol. The number of nitrogens with two attached hydrogens (primary N) is 1. The Balaban J connectivity index is 1.57. The van der Waals surface area contributed by atoms with Gasteiger partial charge in [0.1, 0.15) is 0 Å². The van der Waals surface area contributed by atoms with E-state index in [1.165, 1.54) is 56.8 Å². The number of piperazine rings is 1. The van der Waals surface area contributed by atoms with Gasteiger partial charge in [0.15, 0.2) is 0 Å². The second-order valence-corrected chi connectivity index (χ2v) is 6.44. The Bertz CT molecular complexity index is 433. The summed E-state index contributed by atoms with van der Waals surface area (Å²) in [5.74, 6) is 0. The van der Waals surface area contributed by atoms with Crippen LogP contribution in [0.15, 0.2) is 24.3 Å². The molecule has 0 aromatic heterocycles. The summed E-state index contributed by atoms with van der Waals surface area (Å²) in [5, 5.41) is 0. The molecule has 1 heterocycles. The summed E-state index contributed by atoms with van der Waals surface area (Å²) in [4.78, 5) is 7.61. The van der Waals surface area contributed by atoms with E-state index in [0.717, 1.165) is 12.6 Å². The topological polar surface area (TPSA) is 35.7 Å². The van der Waals surface area contributed by atoms with Crippen LogP contribution in [0.25, 0.3) is 0 Å². The smallest absolute Gasteiger partial charge is 0.0369 e. The third kappa shape index (κ3) is 3.96. The Morgan fingerprint density at radius 2 is 1.76 bits per heavy atom. The van der Waals surface area contributed by atoms with Gasteiger partial charge in [-0.1, -0.05) is 12.1 Å². The Kier molecular flexibility index (Phi) is 4.78. The summed E-state index contributed by atoms with van der Waals surface area (Å²) in [6, 6.07) is 9.58. The molecule has 4 heteroatoms. The van der Waals surface area contributed by atoms with Crippen LogP contribution in [0.1, 0.15) is 18.4 Å². The van der Waals surface area contributed by atoms with Crippen LogP contribution >= 0.6 is 0 Å². The number of benzene rings is 1. The van der Waals surface area contributed by atoms with Crippen molar-refractivity contribution < 1.29 is 0 Å². The van der Waals surface area contributed by atoms with Gasteiger partial charge in [-0.15, -0.1) is 0 Å². The minimum atomic E-state index is 0.630. The molecule has 1 aromatic carbocycles. The fraction of sp³-hybridized carbons (Fsp3) is 0.647. The van der Waals surface area contributed by atoms with Gasteiger partial charge in [0.05, 0.1) is 0 Å². The summed E-state index contributed by atoms with van der Waals surface area (Å²) in [7, 11) is 2.22. The molecular weight excluding hydrogens is 260 g/mol. The number of hydrogen-bond acceptors (Lipinski definition) is 4. The average Bonchev–Trinajstić information content (AvgIpc) is 3.35. The SMILES string of the molecule is CN1CCN(CCN(c2ccc(CN)cc2)C2CC2)CC1. The fourth-order valence-corrected chi connectivity index (χ4v) is 3.05. The largest absolute Gasteiger partial charge is 0.367 e. The maximum atomic E-state index is 5.69. The first-order chi connectivity index (χ1) is 10.3. The molecule has 2 fully saturated rings. The molecule has 1 aliphatic carbocycles. The highest BCUT2D eigenvalue weighted by molar-refractivity contribution is 5.49. The van der Waals surface area contributed by atoms with Crippen molar-refractivity contribution >= 4 is 5.69 Å². The van der Waals surface area contributed by atoms with Crippen LogP contribution < -0.4 is 10.6 Å². The molecule has 0 atom stereocenters. The van der Waals surface area contributed by atoms with Gasteiger partial charge < -0.3 is 15.5 Å². The lowest BCUT2D eigenvalue weighted by Crippen LogP contribution is -2.47. The van der Waals surface area contributed by atoms with Crippen molar-refractivity contribution in [2.24, 2.45) is 5.73 Å². The van der Waals surface area contributed by atoms with Gasteiger partial charge in [-0.05, 0) is 37.6 Å². The maximum absolute atomic E-state index is 5.69. The van der Waals surface area contributed by atoms with E-state index in [1.54, 1.807) is 0 Å². The highest BCUT2D eigenvalue weighted by Crippen LogP contribution is 2.31. The van der Waals surface area contributed by atoms with E-state index in [9.17, 15) is 0 Å². The quantitative estimate of drug-likeness (QED) is 0.857. The van der Waals surface area contributed by atoms with Crippen molar-refractivity contribution in [1.29, 1.82) is 0 Å². The minimum absolute atomic E-state index is 0.630. The van der Waals surface area contributed by atoms with Crippen molar-refractivity contribution in [3.63, 3.8) is 0 Å². The van der Waals surface area contributed by atoms with E-state index in [2.05, 4.69) is 46.0 Å². The van der Waals surface area contributed by atoms with E-state index in [0.29, 0.717) is 6.54 Å². The maximum Gasteiger partial charge on any atom is 0.0369 e. The van der Waals surface area contributed by atoms with E-state index >= 15 is 0 Å². The number of rotatable bonds is 6. The predicted octanol–water partition coefficient (Wildman–Crippen LogP) is 1.36. The summed E-state index contributed by atoms with van der Waals surface area (Å²) in [6.45, 7) is 7.79. The third-order valence-corrected chi connectivity index (χ3v) is 4.74. The molecule has 1 aromatic rings. The lowest BCUT2D eigenvalue weighted by Gasteiger charge is -2.34. The van der Waals surface area contributed by atoms with Gasteiger partial charge in [-0.2, -0.15) is 0 Å². The summed E-state index contributed by atoms with van der Waals surface area (Å²) in [5.41, 5.74) is 8.27. The zero-order valence-corrected chi connectivity index (χ0v) is 13.2. The van der Waals surface area contributed by atoms with Crippen LogP contribution in [0.3, 0.4) is 0 Å². The molecule has 0 unspecified atom stereocenters. The molecule has 4 nitrogen and oxygen atoms in total. The molecule has 1 aliphatic heterocycles. The molecule has 3 rings (SSSR count). The normalized spacial score (nSPS) is 20.7. The second-order valence-electron chi connectivity index (χ2n) is 6.44. The van der Waals surface area contributed by atoms with Crippen LogP contribution in [0.2, 0.25) is 0 Å². The summed E-state index contributed by atoms with van der Waals surface area (Å²) in [6.07, 6.45) is 2.70. The standard InChI is InChI=1S/C17H28N4/c1-19-8-10-20(11-9-19)12-13-21(17-6-7-17)16-4-2-15(14-18)3-5-16/h2-5,17H,6-14,18H2,1H3. The molecule has 0 bridgehead atoms. The Hall–Kier alpha value is -1.10. The Labute approximate surface area is 128 Å². The molecule has 1 saturated heterocycles.